The highest BCUT2D eigenvalue weighted by Crippen LogP contribution is 2.17. The summed E-state index contributed by atoms with van der Waals surface area (Å²) < 4.78 is 5.72. The molecular formula is C13H23NOS. The number of terminal acetylenes is 1. The Morgan fingerprint density at radius 2 is 2.44 bits per heavy atom. The van der Waals surface area contributed by atoms with E-state index in [1.807, 2.05) is 11.8 Å². The molecule has 1 N–H and O–H groups in total. The molecule has 0 spiro atoms. The Kier molecular flexibility index (Phi) is 7.75. The maximum Gasteiger partial charge on any atom is 0.0589 e. The van der Waals surface area contributed by atoms with E-state index in [1.54, 1.807) is 0 Å². The Morgan fingerprint density at radius 3 is 3.19 bits per heavy atom. The van der Waals surface area contributed by atoms with Crippen molar-refractivity contribution in [2.75, 3.05) is 24.7 Å². The lowest BCUT2D eigenvalue weighted by atomic mass is 10.0. The largest absolute Gasteiger partial charge is 0.378 e. The van der Waals surface area contributed by atoms with Crippen LogP contribution >= 0.6 is 11.8 Å². The summed E-state index contributed by atoms with van der Waals surface area (Å²) in [6, 6.07) is 0.650. The number of rotatable bonds is 7. The van der Waals surface area contributed by atoms with Crippen molar-refractivity contribution in [2.24, 2.45) is 0 Å². The van der Waals surface area contributed by atoms with Gasteiger partial charge in [0.1, 0.15) is 0 Å². The second-order valence-corrected chi connectivity index (χ2v) is 5.32. The van der Waals surface area contributed by atoms with Crippen molar-refractivity contribution < 1.29 is 4.74 Å². The highest BCUT2D eigenvalue weighted by atomic mass is 32.2. The molecule has 1 aliphatic heterocycles. The summed E-state index contributed by atoms with van der Waals surface area (Å²) in [5.74, 6) is 4.58. The van der Waals surface area contributed by atoms with Crippen LogP contribution in [-0.4, -0.2) is 36.8 Å². The van der Waals surface area contributed by atoms with Gasteiger partial charge in [-0.25, -0.2) is 0 Å². The first-order valence-electron chi connectivity index (χ1n) is 6.23. The van der Waals surface area contributed by atoms with Gasteiger partial charge in [0.25, 0.3) is 0 Å². The third-order valence-corrected chi connectivity index (χ3v) is 3.71. The molecule has 92 valence electrons. The minimum Gasteiger partial charge on any atom is -0.378 e. The first-order valence-corrected chi connectivity index (χ1v) is 7.38. The Morgan fingerprint density at radius 1 is 1.56 bits per heavy atom. The van der Waals surface area contributed by atoms with Crippen LogP contribution in [0.5, 0.6) is 0 Å². The summed E-state index contributed by atoms with van der Waals surface area (Å²) in [6.45, 7) is 4.20. The number of ether oxygens (including phenoxy) is 1. The van der Waals surface area contributed by atoms with Crippen LogP contribution in [0.2, 0.25) is 0 Å². The molecule has 0 aromatic carbocycles. The van der Waals surface area contributed by atoms with Crippen molar-refractivity contribution in [1.29, 1.82) is 0 Å². The number of hydrogen-bond donors (Lipinski definition) is 1. The van der Waals surface area contributed by atoms with Gasteiger partial charge in [-0.1, -0.05) is 19.3 Å². The van der Waals surface area contributed by atoms with Gasteiger partial charge in [0, 0.05) is 24.9 Å². The van der Waals surface area contributed by atoms with E-state index in [1.165, 1.54) is 19.3 Å². The molecule has 1 aliphatic rings. The SMILES string of the molecule is C#CCSCCNC1CCOC(CCC)C1. The molecule has 3 heteroatoms. The van der Waals surface area contributed by atoms with E-state index in [9.17, 15) is 0 Å². The Labute approximate surface area is 104 Å². The van der Waals surface area contributed by atoms with Gasteiger partial charge < -0.3 is 10.1 Å². The molecule has 0 aliphatic carbocycles. The Bertz CT molecular complexity index is 212. The first kappa shape index (κ1) is 13.9. The molecule has 1 saturated heterocycles. The average Bonchev–Trinajstić information content (AvgIpc) is 2.30. The van der Waals surface area contributed by atoms with Crippen LogP contribution in [0.15, 0.2) is 0 Å². The predicted molar refractivity (Wildman–Crippen MR) is 71.8 cm³/mol. The summed E-state index contributed by atoms with van der Waals surface area (Å²) in [4.78, 5) is 0. The molecule has 0 saturated carbocycles. The van der Waals surface area contributed by atoms with Crippen molar-refractivity contribution >= 4 is 11.8 Å². The zero-order valence-electron chi connectivity index (χ0n) is 10.2. The van der Waals surface area contributed by atoms with E-state index in [-0.39, 0.29) is 0 Å². The lowest BCUT2D eigenvalue weighted by molar-refractivity contribution is -0.00277. The molecule has 0 radical (unpaired) electrons. The van der Waals surface area contributed by atoms with Crippen molar-refractivity contribution in [3.05, 3.63) is 0 Å². The lowest BCUT2D eigenvalue weighted by Gasteiger charge is -2.30. The monoisotopic (exact) mass is 241 g/mol. The van der Waals surface area contributed by atoms with Crippen LogP contribution in [0, 0.1) is 12.3 Å². The third-order valence-electron chi connectivity index (χ3n) is 2.84. The molecule has 0 aromatic heterocycles. The van der Waals surface area contributed by atoms with Crippen molar-refractivity contribution in [2.45, 2.75) is 44.8 Å². The van der Waals surface area contributed by atoms with E-state index in [0.29, 0.717) is 12.1 Å². The molecule has 2 nitrogen and oxygen atoms in total. The molecule has 1 rings (SSSR count). The number of thioether (sulfide) groups is 1. The van der Waals surface area contributed by atoms with Crippen LogP contribution in [0.1, 0.15) is 32.6 Å². The zero-order chi connectivity index (χ0) is 11.6. The van der Waals surface area contributed by atoms with Gasteiger partial charge in [-0.15, -0.1) is 18.2 Å². The molecule has 0 aromatic rings. The van der Waals surface area contributed by atoms with Crippen LogP contribution in [0.4, 0.5) is 0 Å². The van der Waals surface area contributed by atoms with Crippen molar-refractivity contribution in [3.8, 4) is 12.3 Å². The van der Waals surface area contributed by atoms with Crippen LogP contribution in [0.3, 0.4) is 0 Å². The fourth-order valence-electron chi connectivity index (χ4n) is 2.06. The van der Waals surface area contributed by atoms with E-state index in [2.05, 4.69) is 18.2 Å². The fraction of sp³-hybridized carbons (Fsp3) is 0.846. The van der Waals surface area contributed by atoms with Crippen molar-refractivity contribution in [3.63, 3.8) is 0 Å². The van der Waals surface area contributed by atoms with Gasteiger partial charge >= 0.3 is 0 Å². The molecule has 16 heavy (non-hydrogen) atoms. The molecule has 1 heterocycles. The minimum atomic E-state index is 0.481. The summed E-state index contributed by atoms with van der Waals surface area (Å²) in [5, 5.41) is 3.60. The molecule has 2 atom stereocenters. The summed E-state index contributed by atoms with van der Waals surface area (Å²) in [5.41, 5.74) is 0. The second kappa shape index (κ2) is 8.92. The zero-order valence-corrected chi connectivity index (χ0v) is 11.0. The normalized spacial score (nSPS) is 25.2. The van der Waals surface area contributed by atoms with E-state index in [4.69, 9.17) is 11.2 Å². The van der Waals surface area contributed by atoms with E-state index < -0.39 is 0 Å². The lowest BCUT2D eigenvalue weighted by Crippen LogP contribution is -2.39. The average molecular weight is 241 g/mol. The van der Waals surface area contributed by atoms with Gasteiger partial charge in [-0.05, 0) is 19.3 Å². The molecule has 2 unspecified atom stereocenters. The number of hydrogen-bond acceptors (Lipinski definition) is 3. The maximum absolute atomic E-state index is 5.72. The topological polar surface area (TPSA) is 21.3 Å². The fourth-order valence-corrected chi connectivity index (χ4v) is 2.58. The predicted octanol–water partition coefficient (Wildman–Crippen LogP) is 2.29. The molecule has 0 bridgehead atoms. The van der Waals surface area contributed by atoms with Gasteiger partial charge in [-0.2, -0.15) is 0 Å². The van der Waals surface area contributed by atoms with Gasteiger partial charge in [0.15, 0.2) is 0 Å². The van der Waals surface area contributed by atoms with Gasteiger partial charge in [0.05, 0.1) is 11.9 Å². The minimum absolute atomic E-state index is 0.481. The Hall–Kier alpha value is -0.170. The van der Waals surface area contributed by atoms with Crippen LogP contribution in [-0.2, 0) is 4.74 Å². The van der Waals surface area contributed by atoms with Crippen molar-refractivity contribution in [1.82, 2.24) is 5.32 Å². The summed E-state index contributed by atoms with van der Waals surface area (Å²) in [7, 11) is 0. The van der Waals surface area contributed by atoms with Gasteiger partial charge in [0.2, 0.25) is 0 Å². The first-order chi connectivity index (χ1) is 7.86. The molecule has 0 amide bonds. The molecule has 1 fully saturated rings. The van der Waals surface area contributed by atoms with Crippen LogP contribution in [0.25, 0.3) is 0 Å². The highest BCUT2D eigenvalue weighted by molar-refractivity contribution is 7.99. The number of nitrogens with one attached hydrogen (secondary N) is 1. The highest BCUT2D eigenvalue weighted by Gasteiger charge is 2.20. The Balaban J connectivity index is 2.05. The smallest absolute Gasteiger partial charge is 0.0589 e. The van der Waals surface area contributed by atoms with E-state index in [0.717, 1.165) is 31.1 Å². The van der Waals surface area contributed by atoms with E-state index >= 15 is 0 Å². The quantitative estimate of drug-likeness (QED) is 0.546. The third kappa shape index (κ3) is 5.79. The van der Waals surface area contributed by atoms with Gasteiger partial charge in [-0.3, -0.25) is 0 Å². The maximum atomic E-state index is 5.72. The standard InChI is InChI=1S/C13H23NOS/c1-3-5-13-11-12(6-8-15-13)14-7-10-16-9-4-2/h2,12-14H,3,5-11H2,1H3. The van der Waals surface area contributed by atoms with Crippen LogP contribution < -0.4 is 5.32 Å². The second-order valence-electron chi connectivity index (χ2n) is 4.21. The summed E-state index contributed by atoms with van der Waals surface area (Å²) in [6.07, 6.45) is 10.4. The summed E-state index contributed by atoms with van der Waals surface area (Å²) >= 11 is 1.82. The molecular weight excluding hydrogens is 218 g/mol.